The molecule has 7 heteroatoms. The van der Waals surface area contributed by atoms with Crippen LogP contribution < -0.4 is 0 Å². The number of hydrogen-bond donors (Lipinski definition) is 0. The molecule has 4 nitrogen and oxygen atoms in total. The highest BCUT2D eigenvalue weighted by molar-refractivity contribution is 7.89. The van der Waals surface area contributed by atoms with Crippen molar-refractivity contribution in [3.05, 3.63) is 51.2 Å². The minimum Gasteiger partial charge on any atom is -0.381 e. The summed E-state index contributed by atoms with van der Waals surface area (Å²) in [5.74, 6) is 0. The lowest BCUT2D eigenvalue weighted by molar-refractivity contribution is 0.0587. The molecule has 0 amide bonds. The molecule has 2 aromatic rings. The van der Waals surface area contributed by atoms with Gasteiger partial charge in [-0.15, -0.1) is 11.3 Å². The third kappa shape index (κ3) is 4.26. The summed E-state index contributed by atoms with van der Waals surface area (Å²) in [6, 6.07) is 9.08. The molecule has 25 heavy (non-hydrogen) atoms. The normalized spacial score (nSPS) is 16.4. The van der Waals surface area contributed by atoms with E-state index in [2.05, 4.69) is 0 Å². The molecule has 3 rings (SSSR count). The zero-order valence-electron chi connectivity index (χ0n) is 14.2. The lowest BCUT2D eigenvalue weighted by Gasteiger charge is -2.33. The van der Waals surface area contributed by atoms with Crippen LogP contribution in [0.25, 0.3) is 0 Å². The van der Waals surface area contributed by atoms with E-state index in [1.165, 1.54) is 4.88 Å². The summed E-state index contributed by atoms with van der Waals surface area (Å²) in [5.41, 5.74) is 0.609. The Hall–Kier alpha value is -0.920. The molecule has 1 saturated heterocycles. The topological polar surface area (TPSA) is 46.6 Å². The molecule has 1 aliphatic heterocycles. The molecule has 0 aliphatic carbocycles. The Morgan fingerprint density at radius 1 is 1.24 bits per heavy atom. The maximum Gasteiger partial charge on any atom is 0.243 e. The second-order valence-electron chi connectivity index (χ2n) is 6.15. The lowest BCUT2D eigenvalue weighted by atomic mass is 10.1. The second kappa shape index (κ2) is 8.18. The summed E-state index contributed by atoms with van der Waals surface area (Å²) in [4.78, 5) is 1.49. The molecule has 1 fully saturated rings. The van der Waals surface area contributed by atoms with Crippen molar-refractivity contribution < 1.29 is 13.2 Å². The van der Waals surface area contributed by atoms with Gasteiger partial charge in [-0.1, -0.05) is 23.7 Å². The largest absolute Gasteiger partial charge is 0.381 e. The molecule has 0 radical (unpaired) electrons. The molecule has 0 saturated carbocycles. The summed E-state index contributed by atoms with van der Waals surface area (Å²) in [6.07, 6.45) is 2.17. The summed E-state index contributed by atoms with van der Waals surface area (Å²) < 4.78 is 33.9. The molecule has 0 unspecified atom stereocenters. The van der Waals surface area contributed by atoms with Gasteiger partial charge in [0.05, 0.1) is 4.90 Å². The summed E-state index contributed by atoms with van der Waals surface area (Å²) in [7, 11) is -3.61. The van der Waals surface area contributed by atoms with Gasteiger partial charge >= 0.3 is 0 Å². The van der Waals surface area contributed by atoms with E-state index >= 15 is 0 Å². The number of ether oxygens (including phenoxy) is 1. The van der Waals surface area contributed by atoms with Crippen molar-refractivity contribution in [2.24, 2.45) is 0 Å². The molecule has 0 N–H and O–H groups in total. The monoisotopic (exact) mass is 399 g/mol. The van der Waals surface area contributed by atoms with Gasteiger partial charge in [0.1, 0.15) is 0 Å². The molecule has 2 heterocycles. The highest BCUT2D eigenvalue weighted by Gasteiger charge is 2.33. The number of halogens is 1. The van der Waals surface area contributed by atoms with E-state index in [1.54, 1.807) is 40.8 Å². The van der Waals surface area contributed by atoms with Gasteiger partial charge in [-0.3, -0.25) is 0 Å². The molecule has 0 atom stereocenters. The third-order valence-electron chi connectivity index (χ3n) is 4.56. The van der Waals surface area contributed by atoms with E-state index < -0.39 is 10.0 Å². The van der Waals surface area contributed by atoms with Crippen LogP contribution in [-0.2, 0) is 21.2 Å². The minimum absolute atomic E-state index is 0.0305. The first kappa shape index (κ1) is 18.9. The number of hydrogen-bond acceptors (Lipinski definition) is 4. The maximum atomic E-state index is 13.4. The van der Waals surface area contributed by atoms with Gasteiger partial charge in [-0.05, 0) is 55.3 Å². The Morgan fingerprint density at radius 3 is 2.68 bits per heavy atom. The number of sulfonamides is 1. The van der Waals surface area contributed by atoms with E-state index in [4.69, 9.17) is 16.3 Å². The summed E-state index contributed by atoms with van der Waals surface area (Å²) in [5, 5.41) is 2.50. The van der Waals surface area contributed by atoms with E-state index in [0.29, 0.717) is 41.7 Å². The van der Waals surface area contributed by atoms with Gasteiger partial charge in [0.15, 0.2) is 0 Å². The van der Waals surface area contributed by atoms with Crippen molar-refractivity contribution in [3.8, 4) is 0 Å². The van der Waals surface area contributed by atoms with Crippen LogP contribution in [0.15, 0.2) is 40.6 Å². The average Bonchev–Trinajstić information content (AvgIpc) is 3.11. The van der Waals surface area contributed by atoms with Crippen molar-refractivity contribution in [1.29, 1.82) is 0 Å². The zero-order valence-corrected chi connectivity index (χ0v) is 16.5. The van der Waals surface area contributed by atoms with Crippen molar-refractivity contribution in [3.63, 3.8) is 0 Å². The van der Waals surface area contributed by atoms with Gasteiger partial charge in [0, 0.05) is 35.7 Å². The molecule has 1 aromatic heterocycles. The first-order valence-corrected chi connectivity index (χ1v) is 11.1. The van der Waals surface area contributed by atoms with Crippen LogP contribution in [0.5, 0.6) is 0 Å². The van der Waals surface area contributed by atoms with Crippen molar-refractivity contribution in [2.75, 3.05) is 19.8 Å². The van der Waals surface area contributed by atoms with Crippen LogP contribution >= 0.6 is 22.9 Å². The van der Waals surface area contributed by atoms with Gasteiger partial charge in [0.2, 0.25) is 10.0 Å². The van der Waals surface area contributed by atoms with Gasteiger partial charge in [-0.2, -0.15) is 4.31 Å². The molecular weight excluding hydrogens is 378 g/mol. The molecule has 136 valence electrons. The Bertz CT molecular complexity index is 800. The Balaban J connectivity index is 1.92. The van der Waals surface area contributed by atoms with Crippen LogP contribution in [0.3, 0.4) is 0 Å². The summed E-state index contributed by atoms with van der Waals surface area (Å²) >= 11 is 7.82. The highest BCUT2D eigenvalue weighted by atomic mass is 35.5. The Labute approximate surface area is 158 Å². The number of thiophene rings is 1. The fourth-order valence-electron chi connectivity index (χ4n) is 3.14. The van der Waals surface area contributed by atoms with Crippen LogP contribution in [-0.4, -0.2) is 38.5 Å². The predicted molar refractivity (Wildman–Crippen MR) is 102 cm³/mol. The first-order chi connectivity index (χ1) is 12.0. The van der Waals surface area contributed by atoms with E-state index in [1.807, 2.05) is 17.5 Å². The molecule has 0 spiro atoms. The second-order valence-corrected chi connectivity index (χ2v) is 9.45. The quantitative estimate of drug-likeness (QED) is 0.733. The minimum atomic E-state index is -3.61. The third-order valence-corrected chi connectivity index (χ3v) is 8.00. The molecule has 0 bridgehead atoms. The molecular formula is C18H22ClNO3S2. The SMILES string of the molecule is Cc1c(Cl)cccc1S(=O)(=O)N(CCc1cccs1)C1CCOCC1. The van der Waals surface area contributed by atoms with E-state index in [-0.39, 0.29) is 6.04 Å². The number of nitrogens with zero attached hydrogens (tertiary/aromatic N) is 1. The molecule has 1 aromatic carbocycles. The maximum absolute atomic E-state index is 13.4. The standard InChI is InChI=1S/C18H22ClNO3S2/c1-14-17(19)5-2-6-18(14)25(21,22)20(15-8-11-23-12-9-15)10-7-16-4-3-13-24-16/h2-6,13,15H,7-12H2,1H3. The van der Waals surface area contributed by atoms with Gasteiger partial charge in [0.25, 0.3) is 0 Å². The van der Waals surface area contributed by atoms with Crippen molar-refractivity contribution in [1.82, 2.24) is 4.31 Å². The van der Waals surface area contributed by atoms with Crippen LogP contribution in [0, 0.1) is 6.92 Å². The number of benzene rings is 1. The van der Waals surface area contributed by atoms with Gasteiger partial charge in [-0.25, -0.2) is 8.42 Å². The Kier molecular flexibility index (Phi) is 6.17. The lowest BCUT2D eigenvalue weighted by Crippen LogP contribution is -2.44. The van der Waals surface area contributed by atoms with Crippen molar-refractivity contribution >= 4 is 33.0 Å². The highest BCUT2D eigenvalue weighted by Crippen LogP contribution is 2.29. The predicted octanol–water partition coefficient (Wildman–Crippen LogP) is 4.12. The fourth-order valence-corrected chi connectivity index (χ4v) is 6.00. The Morgan fingerprint density at radius 2 is 2.00 bits per heavy atom. The smallest absolute Gasteiger partial charge is 0.243 e. The fraction of sp³-hybridized carbons (Fsp3) is 0.444. The van der Waals surface area contributed by atoms with Gasteiger partial charge < -0.3 is 4.74 Å². The van der Waals surface area contributed by atoms with Crippen LogP contribution in [0.2, 0.25) is 5.02 Å². The van der Waals surface area contributed by atoms with E-state index in [0.717, 1.165) is 12.8 Å². The average molecular weight is 400 g/mol. The van der Waals surface area contributed by atoms with Crippen molar-refractivity contribution in [2.45, 2.75) is 37.1 Å². The summed E-state index contributed by atoms with van der Waals surface area (Å²) in [6.45, 7) is 3.44. The van der Waals surface area contributed by atoms with Crippen LogP contribution in [0.1, 0.15) is 23.3 Å². The number of rotatable bonds is 6. The van der Waals surface area contributed by atoms with Crippen LogP contribution in [0.4, 0.5) is 0 Å². The van der Waals surface area contributed by atoms with E-state index in [9.17, 15) is 8.42 Å². The molecule has 1 aliphatic rings. The zero-order chi connectivity index (χ0) is 17.9. The first-order valence-electron chi connectivity index (χ1n) is 8.37.